The van der Waals surface area contributed by atoms with Gasteiger partial charge in [-0.05, 0) is 52.4 Å². The lowest BCUT2D eigenvalue weighted by atomic mass is 10.2. The third-order valence-corrected chi connectivity index (χ3v) is 3.62. The van der Waals surface area contributed by atoms with Crippen molar-refractivity contribution in [2.24, 2.45) is 0 Å². The van der Waals surface area contributed by atoms with Gasteiger partial charge in [-0.15, -0.1) is 0 Å². The quantitative estimate of drug-likeness (QED) is 0.643. The van der Waals surface area contributed by atoms with Crippen LogP contribution in [0.25, 0.3) is 0 Å². The number of hydrogen-bond acceptors (Lipinski definition) is 2. The van der Waals surface area contributed by atoms with Gasteiger partial charge in [-0.2, -0.15) is 0 Å². The Morgan fingerprint density at radius 2 is 1.67 bits per heavy atom. The number of anilines is 1. The van der Waals surface area contributed by atoms with Crippen LogP contribution in [-0.4, -0.2) is 23.8 Å². The highest BCUT2D eigenvalue weighted by Crippen LogP contribution is 2.11. The molecule has 0 aliphatic heterocycles. The van der Waals surface area contributed by atoms with E-state index in [9.17, 15) is 9.59 Å². The molecule has 2 aromatic carbocycles. The molecule has 0 aromatic heterocycles. The smallest absolute Gasteiger partial charge is 0.313 e. The Hall–Kier alpha value is -1.89. The van der Waals surface area contributed by atoms with E-state index in [1.165, 1.54) is 4.90 Å². The molecule has 0 aliphatic rings. The number of carbonyl (C=O) groups is 2. The van der Waals surface area contributed by atoms with Gasteiger partial charge in [-0.1, -0.05) is 30.3 Å². The Bertz CT molecular complexity index is 626. The fourth-order valence-corrected chi connectivity index (χ4v) is 2.18. The third kappa shape index (κ3) is 4.56. The van der Waals surface area contributed by atoms with E-state index in [4.69, 9.17) is 0 Å². The molecule has 4 nitrogen and oxygen atoms in total. The molecule has 0 unspecified atom stereocenters. The van der Waals surface area contributed by atoms with E-state index in [-0.39, 0.29) is 0 Å². The van der Waals surface area contributed by atoms with E-state index >= 15 is 0 Å². The van der Waals surface area contributed by atoms with Crippen LogP contribution in [-0.2, 0) is 16.1 Å². The maximum Gasteiger partial charge on any atom is 0.313 e. The van der Waals surface area contributed by atoms with Crippen LogP contribution in [0.2, 0.25) is 0 Å². The number of amides is 2. The maximum absolute atomic E-state index is 12.0. The highest BCUT2D eigenvalue weighted by Gasteiger charge is 2.18. The summed E-state index contributed by atoms with van der Waals surface area (Å²) in [6.07, 6.45) is 0. The molecular weight excluding hydrogens is 379 g/mol. The van der Waals surface area contributed by atoms with Crippen molar-refractivity contribution >= 4 is 40.1 Å². The minimum atomic E-state index is -0.630. The minimum absolute atomic E-state index is 0.403. The summed E-state index contributed by atoms with van der Waals surface area (Å²) >= 11 is 2.18. The number of hydrogen-bond donors (Lipinski definition) is 1. The molecule has 0 fully saturated rings. The predicted molar refractivity (Wildman–Crippen MR) is 90.7 cm³/mol. The van der Waals surface area contributed by atoms with Crippen LogP contribution in [0.3, 0.4) is 0 Å². The van der Waals surface area contributed by atoms with Crippen LogP contribution < -0.4 is 5.32 Å². The second kappa shape index (κ2) is 7.21. The zero-order chi connectivity index (χ0) is 15.2. The summed E-state index contributed by atoms with van der Waals surface area (Å²) in [4.78, 5) is 25.4. The lowest BCUT2D eigenvalue weighted by molar-refractivity contribution is -0.142. The molecule has 2 amide bonds. The number of nitrogens with zero attached hydrogens (tertiary/aromatic N) is 1. The first-order valence-corrected chi connectivity index (χ1v) is 7.50. The topological polar surface area (TPSA) is 49.4 Å². The number of rotatable bonds is 3. The molecule has 0 heterocycles. The van der Waals surface area contributed by atoms with Gasteiger partial charge in [0.1, 0.15) is 0 Å². The maximum atomic E-state index is 12.0. The van der Waals surface area contributed by atoms with Gasteiger partial charge in [0, 0.05) is 22.8 Å². The zero-order valence-corrected chi connectivity index (χ0v) is 13.7. The van der Waals surface area contributed by atoms with Crippen LogP contribution in [0.1, 0.15) is 5.56 Å². The Morgan fingerprint density at radius 1 is 1.05 bits per heavy atom. The van der Waals surface area contributed by atoms with Crippen molar-refractivity contribution in [3.8, 4) is 0 Å². The van der Waals surface area contributed by atoms with Gasteiger partial charge in [0.15, 0.2) is 0 Å². The molecule has 2 rings (SSSR count). The Balaban J connectivity index is 1.95. The van der Waals surface area contributed by atoms with E-state index in [1.807, 2.05) is 42.5 Å². The highest BCUT2D eigenvalue weighted by atomic mass is 127. The number of carbonyl (C=O) groups excluding carboxylic acids is 2. The minimum Gasteiger partial charge on any atom is -0.333 e. The summed E-state index contributed by atoms with van der Waals surface area (Å²) in [5.41, 5.74) is 1.59. The number of benzene rings is 2. The first-order valence-electron chi connectivity index (χ1n) is 6.42. The third-order valence-electron chi connectivity index (χ3n) is 2.91. The second-order valence-corrected chi connectivity index (χ2v) is 5.85. The fraction of sp³-hybridized carbons (Fsp3) is 0.125. The lowest BCUT2D eigenvalue weighted by Crippen LogP contribution is -2.36. The average Bonchev–Trinajstić information content (AvgIpc) is 2.49. The molecule has 2 aromatic rings. The molecular formula is C16H15IN2O2. The van der Waals surface area contributed by atoms with E-state index in [0.717, 1.165) is 9.13 Å². The van der Waals surface area contributed by atoms with Gasteiger partial charge >= 0.3 is 11.8 Å². The lowest BCUT2D eigenvalue weighted by Gasteiger charge is -2.16. The first kappa shape index (κ1) is 15.5. The number of likely N-dealkylation sites (N-methyl/N-ethyl adjacent to an activating group) is 1. The van der Waals surface area contributed by atoms with Crippen LogP contribution in [0, 0.1) is 3.57 Å². The van der Waals surface area contributed by atoms with Crippen molar-refractivity contribution in [2.45, 2.75) is 6.54 Å². The number of nitrogens with one attached hydrogen (secondary N) is 1. The van der Waals surface area contributed by atoms with Crippen molar-refractivity contribution in [3.63, 3.8) is 0 Å². The molecule has 0 saturated carbocycles. The molecule has 5 heteroatoms. The largest absolute Gasteiger partial charge is 0.333 e. The molecule has 0 saturated heterocycles. The van der Waals surface area contributed by atoms with Crippen molar-refractivity contribution in [2.75, 3.05) is 12.4 Å². The normalized spacial score (nSPS) is 10.0. The zero-order valence-electron chi connectivity index (χ0n) is 11.5. The van der Waals surface area contributed by atoms with E-state index in [0.29, 0.717) is 12.2 Å². The SMILES string of the molecule is CN(Cc1ccccc1)C(=O)C(=O)Nc1ccc(I)cc1. The Morgan fingerprint density at radius 3 is 2.29 bits per heavy atom. The number of halogens is 1. The van der Waals surface area contributed by atoms with E-state index in [2.05, 4.69) is 27.9 Å². The molecule has 0 atom stereocenters. The predicted octanol–water partition coefficient (Wildman–Crippen LogP) is 2.89. The summed E-state index contributed by atoms with van der Waals surface area (Å²) in [5, 5.41) is 2.60. The summed E-state index contributed by atoms with van der Waals surface area (Å²) < 4.78 is 1.07. The van der Waals surface area contributed by atoms with Gasteiger partial charge < -0.3 is 10.2 Å². The van der Waals surface area contributed by atoms with Crippen LogP contribution in [0.5, 0.6) is 0 Å². The summed E-state index contributed by atoms with van der Waals surface area (Å²) in [7, 11) is 1.61. The summed E-state index contributed by atoms with van der Waals surface area (Å²) in [6, 6.07) is 16.8. The van der Waals surface area contributed by atoms with Crippen LogP contribution >= 0.6 is 22.6 Å². The molecule has 0 spiro atoms. The van der Waals surface area contributed by atoms with E-state index in [1.54, 1.807) is 19.2 Å². The summed E-state index contributed by atoms with van der Waals surface area (Å²) in [6.45, 7) is 0.403. The van der Waals surface area contributed by atoms with Crippen LogP contribution in [0.15, 0.2) is 54.6 Å². The molecule has 0 aliphatic carbocycles. The highest BCUT2D eigenvalue weighted by molar-refractivity contribution is 14.1. The fourth-order valence-electron chi connectivity index (χ4n) is 1.82. The Kier molecular flexibility index (Phi) is 5.32. The van der Waals surface area contributed by atoms with Crippen molar-refractivity contribution in [3.05, 3.63) is 63.7 Å². The van der Waals surface area contributed by atoms with Gasteiger partial charge in [0.25, 0.3) is 0 Å². The van der Waals surface area contributed by atoms with Crippen molar-refractivity contribution in [1.29, 1.82) is 0 Å². The average molecular weight is 394 g/mol. The van der Waals surface area contributed by atoms with Crippen molar-refractivity contribution < 1.29 is 9.59 Å². The van der Waals surface area contributed by atoms with Crippen LogP contribution in [0.4, 0.5) is 5.69 Å². The molecule has 21 heavy (non-hydrogen) atoms. The Labute approximate surface area is 137 Å². The second-order valence-electron chi connectivity index (χ2n) is 4.61. The van der Waals surface area contributed by atoms with Gasteiger partial charge in [0.2, 0.25) is 0 Å². The molecule has 0 bridgehead atoms. The van der Waals surface area contributed by atoms with Crippen molar-refractivity contribution in [1.82, 2.24) is 4.90 Å². The molecule has 108 valence electrons. The standard InChI is InChI=1S/C16H15IN2O2/c1-19(11-12-5-3-2-4-6-12)16(21)15(20)18-14-9-7-13(17)8-10-14/h2-10H,11H2,1H3,(H,18,20). The van der Waals surface area contributed by atoms with Gasteiger partial charge in [-0.3, -0.25) is 9.59 Å². The first-order chi connectivity index (χ1) is 10.1. The monoisotopic (exact) mass is 394 g/mol. The molecule has 1 N–H and O–H groups in total. The molecule has 0 radical (unpaired) electrons. The van der Waals surface area contributed by atoms with E-state index < -0.39 is 11.8 Å². The van der Waals surface area contributed by atoms with Gasteiger partial charge in [-0.25, -0.2) is 0 Å². The summed E-state index contributed by atoms with van der Waals surface area (Å²) in [5.74, 6) is -1.19. The van der Waals surface area contributed by atoms with Gasteiger partial charge in [0.05, 0.1) is 0 Å².